The molecule has 0 bridgehead atoms. The highest BCUT2D eigenvalue weighted by Crippen LogP contribution is 2.44. The molecular formula is C33H38N4O5. The fourth-order valence-electron chi connectivity index (χ4n) is 6.22. The first-order valence-electron chi connectivity index (χ1n) is 14.2. The summed E-state index contributed by atoms with van der Waals surface area (Å²) in [6, 6.07) is 18.2. The van der Waals surface area contributed by atoms with Crippen LogP contribution in [0.1, 0.15) is 46.7 Å². The van der Waals surface area contributed by atoms with Gasteiger partial charge in [-0.05, 0) is 61.8 Å². The number of aromatic carboxylic acids is 1. The molecule has 3 aromatic carbocycles. The molecule has 0 unspecified atom stereocenters. The van der Waals surface area contributed by atoms with Crippen molar-refractivity contribution < 1.29 is 24.1 Å². The summed E-state index contributed by atoms with van der Waals surface area (Å²) in [5.74, 6) is 0.605. The Balaban J connectivity index is 0.00000353. The van der Waals surface area contributed by atoms with E-state index in [0.717, 1.165) is 68.3 Å². The SMILES string of the molecule is COc1ccc2c(CCCOc3cccc4ccccc34)c(C(=O)O)n3c2c1-c1c(C)nn(C)c1COCCCC3.N. The number of aryl methyl sites for hydroxylation is 4. The van der Waals surface area contributed by atoms with Crippen molar-refractivity contribution in [3.05, 3.63) is 77.2 Å². The van der Waals surface area contributed by atoms with Crippen LogP contribution < -0.4 is 15.6 Å². The van der Waals surface area contributed by atoms with E-state index in [1.165, 1.54) is 0 Å². The Labute approximate surface area is 245 Å². The molecule has 0 saturated carbocycles. The average molecular weight is 571 g/mol. The highest BCUT2D eigenvalue weighted by molar-refractivity contribution is 6.06. The van der Waals surface area contributed by atoms with Crippen LogP contribution in [-0.2, 0) is 31.4 Å². The van der Waals surface area contributed by atoms with Crippen LogP contribution in [0, 0.1) is 6.92 Å². The van der Waals surface area contributed by atoms with Gasteiger partial charge < -0.3 is 30.0 Å². The van der Waals surface area contributed by atoms with E-state index in [1.807, 2.05) is 59.6 Å². The molecule has 9 nitrogen and oxygen atoms in total. The average Bonchev–Trinajstić information content (AvgIpc) is 3.43. The Morgan fingerprint density at radius 3 is 2.64 bits per heavy atom. The van der Waals surface area contributed by atoms with E-state index >= 15 is 0 Å². The molecule has 6 rings (SSSR count). The molecule has 220 valence electrons. The molecule has 0 atom stereocenters. The van der Waals surface area contributed by atoms with E-state index in [2.05, 4.69) is 18.2 Å². The first-order chi connectivity index (χ1) is 20.0. The summed E-state index contributed by atoms with van der Waals surface area (Å²) >= 11 is 0. The van der Waals surface area contributed by atoms with Gasteiger partial charge in [0, 0.05) is 36.5 Å². The fraction of sp³-hybridized carbons (Fsp3) is 0.333. The Morgan fingerprint density at radius 1 is 1.02 bits per heavy atom. The van der Waals surface area contributed by atoms with Gasteiger partial charge in [-0.2, -0.15) is 5.10 Å². The third kappa shape index (κ3) is 5.10. The van der Waals surface area contributed by atoms with Crippen LogP contribution in [0.15, 0.2) is 54.6 Å². The number of nitrogens with zero attached hydrogens (tertiary/aromatic N) is 3. The summed E-state index contributed by atoms with van der Waals surface area (Å²) < 4.78 is 22.0. The van der Waals surface area contributed by atoms with Gasteiger partial charge in [0.1, 0.15) is 17.2 Å². The van der Waals surface area contributed by atoms with Crippen LogP contribution >= 0.6 is 0 Å². The molecule has 9 heteroatoms. The summed E-state index contributed by atoms with van der Waals surface area (Å²) in [7, 11) is 3.58. The first-order valence-corrected chi connectivity index (χ1v) is 14.2. The zero-order chi connectivity index (χ0) is 28.5. The second-order valence-corrected chi connectivity index (χ2v) is 10.5. The van der Waals surface area contributed by atoms with Crippen LogP contribution in [0.3, 0.4) is 0 Å². The minimum absolute atomic E-state index is 0. The molecule has 1 aliphatic rings. The molecule has 5 aromatic rings. The minimum Gasteiger partial charge on any atom is -0.496 e. The van der Waals surface area contributed by atoms with Gasteiger partial charge >= 0.3 is 5.97 Å². The van der Waals surface area contributed by atoms with Crippen LogP contribution in [0.25, 0.3) is 32.8 Å². The van der Waals surface area contributed by atoms with Gasteiger partial charge in [0.15, 0.2) is 0 Å². The molecule has 0 aliphatic carbocycles. The number of carboxylic acids is 1. The lowest BCUT2D eigenvalue weighted by atomic mass is 9.97. The van der Waals surface area contributed by atoms with Crippen LogP contribution in [0.5, 0.6) is 11.5 Å². The number of methoxy groups -OCH3 is 1. The fourth-order valence-corrected chi connectivity index (χ4v) is 6.22. The molecule has 3 heterocycles. The molecule has 0 amide bonds. The van der Waals surface area contributed by atoms with E-state index in [-0.39, 0.29) is 6.15 Å². The van der Waals surface area contributed by atoms with Gasteiger partial charge in [0.2, 0.25) is 0 Å². The lowest BCUT2D eigenvalue weighted by molar-refractivity contribution is 0.0683. The molecular weight excluding hydrogens is 532 g/mol. The number of rotatable bonds is 7. The predicted octanol–water partition coefficient (Wildman–Crippen LogP) is 6.69. The molecule has 0 radical (unpaired) electrons. The summed E-state index contributed by atoms with van der Waals surface area (Å²) in [6.07, 6.45) is 2.88. The van der Waals surface area contributed by atoms with E-state index < -0.39 is 5.97 Å². The second-order valence-electron chi connectivity index (χ2n) is 10.5. The van der Waals surface area contributed by atoms with E-state index in [1.54, 1.807) is 7.11 Å². The molecule has 0 fully saturated rings. The standard InChI is InChI=1S/C33H35N3O5.H3N/c1-21-29-26(35(2)34-21)20-40-18-7-6-17-36-31-25(15-16-28(39-3)30(29)31)24(32(36)33(37)38)13-9-19-41-27-14-8-11-22-10-4-5-12-23(22)27;/h4-5,8,10-12,14-16H,6-7,9,13,17-20H2,1-3H3,(H,37,38);1H3. The van der Waals surface area contributed by atoms with Gasteiger partial charge in [0.05, 0.1) is 42.8 Å². The normalized spacial score (nSPS) is 13.3. The van der Waals surface area contributed by atoms with Gasteiger partial charge in [-0.25, -0.2) is 4.79 Å². The van der Waals surface area contributed by atoms with Gasteiger partial charge in [-0.1, -0.05) is 36.4 Å². The summed E-state index contributed by atoms with van der Waals surface area (Å²) in [6.45, 7) is 4.06. The Bertz CT molecular complexity index is 1750. The minimum atomic E-state index is -0.926. The highest BCUT2D eigenvalue weighted by atomic mass is 16.5. The van der Waals surface area contributed by atoms with Crippen LogP contribution in [-0.4, -0.2) is 45.7 Å². The molecule has 4 N–H and O–H groups in total. The lowest BCUT2D eigenvalue weighted by Gasteiger charge is -2.15. The maximum atomic E-state index is 12.9. The number of benzene rings is 3. The van der Waals surface area contributed by atoms with Gasteiger partial charge in [-0.3, -0.25) is 4.68 Å². The Kier molecular flexibility index (Phi) is 8.51. The number of hydrogen-bond donors (Lipinski definition) is 2. The predicted molar refractivity (Wildman–Crippen MR) is 164 cm³/mol. The van der Waals surface area contributed by atoms with Gasteiger partial charge in [-0.15, -0.1) is 0 Å². The lowest BCUT2D eigenvalue weighted by Crippen LogP contribution is -2.12. The van der Waals surface area contributed by atoms with Crippen LogP contribution in [0.4, 0.5) is 0 Å². The first kappa shape index (κ1) is 29.2. The van der Waals surface area contributed by atoms with Gasteiger partial charge in [0.25, 0.3) is 0 Å². The van der Waals surface area contributed by atoms with Crippen molar-refractivity contribution in [3.8, 4) is 22.6 Å². The zero-order valence-corrected chi connectivity index (χ0v) is 24.5. The summed E-state index contributed by atoms with van der Waals surface area (Å²) in [5, 5.41) is 18.4. The molecule has 1 aliphatic heterocycles. The van der Waals surface area contributed by atoms with Crippen LogP contribution in [0.2, 0.25) is 0 Å². The maximum absolute atomic E-state index is 12.9. The number of ether oxygens (including phenoxy) is 3. The number of aromatic nitrogens is 3. The van der Waals surface area contributed by atoms with Crippen molar-refractivity contribution in [3.63, 3.8) is 0 Å². The third-order valence-electron chi connectivity index (χ3n) is 8.04. The summed E-state index contributed by atoms with van der Waals surface area (Å²) in [5.41, 5.74) is 5.66. The number of hydrogen-bond acceptors (Lipinski definition) is 6. The van der Waals surface area contributed by atoms with Crippen molar-refractivity contribution in [1.82, 2.24) is 20.5 Å². The van der Waals surface area contributed by atoms with Crippen molar-refractivity contribution in [2.45, 2.75) is 45.8 Å². The van der Waals surface area contributed by atoms with E-state index in [4.69, 9.17) is 19.3 Å². The Morgan fingerprint density at radius 2 is 1.83 bits per heavy atom. The molecule has 42 heavy (non-hydrogen) atoms. The smallest absolute Gasteiger partial charge is 0.352 e. The quantitative estimate of drug-likeness (QED) is 0.209. The second kappa shape index (κ2) is 12.3. The summed E-state index contributed by atoms with van der Waals surface area (Å²) in [4.78, 5) is 12.9. The monoisotopic (exact) mass is 570 g/mol. The molecule has 0 spiro atoms. The highest BCUT2D eigenvalue weighted by Gasteiger charge is 2.29. The number of carboxylic acid groups (broad SMARTS) is 1. The largest absolute Gasteiger partial charge is 0.496 e. The number of carbonyl (C=O) groups is 1. The van der Waals surface area contributed by atoms with Crippen molar-refractivity contribution in [2.24, 2.45) is 7.05 Å². The topological polar surface area (TPSA) is 123 Å². The van der Waals surface area contributed by atoms with Crippen molar-refractivity contribution >= 4 is 27.6 Å². The maximum Gasteiger partial charge on any atom is 0.352 e. The Hall–Kier alpha value is -4.34. The number of fused-ring (bicyclic) bond motifs is 3. The van der Waals surface area contributed by atoms with E-state index in [0.29, 0.717) is 50.7 Å². The van der Waals surface area contributed by atoms with E-state index in [9.17, 15) is 9.90 Å². The third-order valence-corrected chi connectivity index (χ3v) is 8.04. The zero-order valence-electron chi connectivity index (χ0n) is 24.5. The van der Waals surface area contributed by atoms with Crippen molar-refractivity contribution in [1.29, 1.82) is 0 Å². The molecule has 2 aromatic heterocycles. The van der Waals surface area contributed by atoms with Crippen molar-refractivity contribution in [2.75, 3.05) is 20.3 Å². The molecule has 0 saturated heterocycles.